The second-order valence-electron chi connectivity index (χ2n) is 6.67. The van der Waals surface area contributed by atoms with Crippen LogP contribution in [0.25, 0.3) is 16.6 Å². The average molecular weight is 358 g/mol. The molecule has 1 aliphatic rings. The third kappa shape index (κ3) is 3.01. The topological polar surface area (TPSA) is 63.6 Å². The van der Waals surface area contributed by atoms with Gasteiger partial charge >= 0.3 is 0 Å². The minimum absolute atomic E-state index is 0.160. The SMILES string of the molecule is Cc1nnc(SCC(=O)N(C)C2CCCCC2)c2cc3occc3n12. The van der Waals surface area contributed by atoms with Crippen LogP contribution in [0.1, 0.15) is 37.9 Å². The maximum absolute atomic E-state index is 12.6. The quantitative estimate of drug-likeness (QED) is 0.666. The molecule has 0 unspecified atom stereocenters. The normalized spacial score (nSPS) is 15.9. The summed E-state index contributed by atoms with van der Waals surface area (Å²) in [6.45, 7) is 1.92. The summed E-state index contributed by atoms with van der Waals surface area (Å²) in [6.07, 6.45) is 7.66. The Morgan fingerprint density at radius 1 is 1.32 bits per heavy atom. The number of hydrogen-bond donors (Lipinski definition) is 0. The van der Waals surface area contributed by atoms with E-state index in [0.717, 1.165) is 40.3 Å². The third-order valence-electron chi connectivity index (χ3n) is 5.10. The van der Waals surface area contributed by atoms with Crippen LogP contribution >= 0.6 is 11.8 Å². The van der Waals surface area contributed by atoms with Crippen molar-refractivity contribution >= 4 is 34.3 Å². The number of fused-ring (bicyclic) bond motifs is 3. The van der Waals surface area contributed by atoms with Gasteiger partial charge in [0.05, 0.1) is 23.0 Å². The van der Waals surface area contributed by atoms with Crippen LogP contribution in [0, 0.1) is 6.92 Å². The molecule has 0 aliphatic heterocycles. The van der Waals surface area contributed by atoms with Gasteiger partial charge in [-0.05, 0) is 19.8 Å². The van der Waals surface area contributed by atoms with Crippen molar-refractivity contribution in [3.63, 3.8) is 0 Å². The molecule has 3 aromatic rings. The number of hydrogen-bond acceptors (Lipinski definition) is 5. The molecule has 1 aliphatic carbocycles. The van der Waals surface area contributed by atoms with Crippen molar-refractivity contribution in [2.75, 3.05) is 12.8 Å². The largest absolute Gasteiger partial charge is 0.463 e. The molecular formula is C18H22N4O2S. The molecule has 0 radical (unpaired) electrons. The van der Waals surface area contributed by atoms with E-state index in [0.29, 0.717) is 11.8 Å². The van der Waals surface area contributed by atoms with E-state index in [-0.39, 0.29) is 5.91 Å². The van der Waals surface area contributed by atoms with Crippen molar-refractivity contribution in [3.8, 4) is 0 Å². The lowest BCUT2D eigenvalue weighted by Crippen LogP contribution is -2.39. The lowest BCUT2D eigenvalue weighted by molar-refractivity contribution is -0.129. The molecule has 0 aromatic carbocycles. The Hall–Kier alpha value is -2.02. The second kappa shape index (κ2) is 6.71. The van der Waals surface area contributed by atoms with Gasteiger partial charge in [-0.25, -0.2) is 0 Å². The predicted molar refractivity (Wildman–Crippen MR) is 97.9 cm³/mol. The third-order valence-corrected chi connectivity index (χ3v) is 6.05. The molecular weight excluding hydrogens is 336 g/mol. The van der Waals surface area contributed by atoms with Gasteiger partial charge in [0.1, 0.15) is 10.9 Å². The molecule has 3 aromatic heterocycles. The van der Waals surface area contributed by atoms with Crippen LogP contribution in [0.5, 0.6) is 0 Å². The van der Waals surface area contributed by atoms with E-state index in [1.54, 1.807) is 6.26 Å². The molecule has 1 amide bonds. The Bertz CT molecular complexity index is 910. The van der Waals surface area contributed by atoms with Gasteiger partial charge in [0.15, 0.2) is 5.58 Å². The highest BCUT2D eigenvalue weighted by Gasteiger charge is 2.22. The number of carbonyl (C=O) groups excluding carboxylic acids is 1. The van der Waals surface area contributed by atoms with E-state index >= 15 is 0 Å². The monoisotopic (exact) mass is 358 g/mol. The van der Waals surface area contributed by atoms with Gasteiger partial charge in [0.25, 0.3) is 0 Å². The lowest BCUT2D eigenvalue weighted by Gasteiger charge is -2.31. The van der Waals surface area contributed by atoms with E-state index in [2.05, 4.69) is 10.2 Å². The summed E-state index contributed by atoms with van der Waals surface area (Å²) in [6, 6.07) is 4.28. The molecule has 1 saturated carbocycles. The fraction of sp³-hybridized carbons (Fsp3) is 0.500. The standard InChI is InChI=1S/C18H22N4O2S/c1-12-19-20-18(15-10-16-14(22(12)15)8-9-24-16)25-11-17(23)21(2)13-6-4-3-5-7-13/h8-10,13H,3-7,11H2,1-2H3. The molecule has 7 heteroatoms. The Morgan fingerprint density at radius 2 is 2.12 bits per heavy atom. The molecule has 0 atom stereocenters. The van der Waals surface area contributed by atoms with Gasteiger partial charge < -0.3 is 9.32 Å². The number of aromatic nitrogens is 3. The molecule has 1 fully saturated rings. The highest BCUT2D eigenvalue weighted by molar-refractivity contribution is 8.00. The molecule has 0 spiro atoms. The van der Waals surface area contributed by atoms with Crippen molar-refractivity contribution in [1.29, 1.82) is 0 Å². The maximum atomic E-state index is 12.6. The van der Waals surface area contributed by atoms with Gasteiger partial charge in [0, 0.05) is 25.2 Å². The molecule has 4 rings (SSSR count). The Labute approximate surface area is 150 Å². The number of thioether (sulfide) groups is 1. The van der Waals surface area contributed by atoms with Crippen LogP contribution in [0.4, 0.5) is 0 Å². The van der Waals surface area contributed by atoms with Crippen LogP contribution in [-0.2, 0) is 4.79 Å². The summed E-state index contributed by atoms with van der Waals surface area (Å²) in [5, 5.41) is 9.32. The first-order valence-electron chi connectivity index (χ1n) is 8.75. The first-order valence-corrected chi connectivity index (χ1v) is 9.74. The molecule has 0 bridgehead atoms. The Morgan fingerprint density at radius 3 is 2.92 bits per heavy atom. The van der Waals surface area contributed by atoms with Crippen molar-refractivity contribution in [1.82, 2.24) is 19.5 Å². The number of nitrogens with zero attached hydrogens (tertiary/aromatic N) is 4. The van der Waals surface area contributed by atoms with E-state index in [9.17, 15) is 4.79 Å². The zero-order chi connectivity index (χ0) is 17.4. The van der Waals surface area contributed by atoms with Crippen molar-refractivity contribution < 1.29 is 9.21 Å². The van der Waals surface area contributed by atoms with Crippen molar-refractivity contribution in [2.24, 2.45) is 0 Å². The lowest BCUT2D eigenvalue weighted by atomic mass is 9.94. The summed E-state index contributed by atoms with van der Waals surface area (Å²) in [5.74, 6) is 1.35. The van der Waals surface area contributed by atoms with Crippen molar-refractivity contribution in [2.45, 2.75) is 50.1 Å². The molecule has 0 saturated heterocycles. The fourth-order valence-corrected chi connectivity index (χ4v) is 4.51. The van der Waals surface area contributed by atoms with Gasteiger partial charge in [-0.15, -0.1) is 10.2 Å². The first kappa shape index (κ1) is 16.4. The molecule has 132 valence electrons. The summed E-state index contributed by atoms with van der Waals surface area (Å²) in [5.41, 5.74) is 2.74. The fourth-order valence-electron chi connectivity index (χ4n) is 3.65. The minimum Gasteiger partial charge on any atom is -0.463 e. The Balaban J connectivity index is 1.52. The zero-order valence-corrected chi connectivity index (χ0v) is 15.4. The van der Waals surface area contributed by atoms with Gasteiger partial charge in [-0.3, -0.25) is 9.20 Å². The van der Waals surface area contributed by atoms with Crippen LogP contribution in [0.3, 0.4) is 0 Å². The summed E-state index contributed by atoms with van der Waals surface area (Å²) in [4.78, 5) is 14.5. The number of carbonyl (C=O) groups is 1. The number of aryl methyl sites for hydroxylation is 1. The summed E-state index contributed by atoms with van der Waals surface area (Å²) >= 11 is 1.45. The van der Waals surface area contributed by atoms with Crippen LogP contribution < -0.4 is 0 Å². The zero-order valence-electron chi connectivity index (χ0n) is 14.6. The van der Waals surface area contributed by atoms with Crippen LogP contribution in [0.15, 0.2) is 27.8 Å². The molecule has 6 nitrogen and oxygen atoms in total. The van der Waals surface area contributed by atoms with Gasteiger partial charge in [0.2, 0.25) is 5.91 Å². The number of rotatable bonds is 4. The average Bonchev–Trinajstić information content (AvgIpc) is 3.22. The number of furan rings is 1. The highest BCUT2D eigenvalue weighted by Crippen LogP contribution is 2.29. The Kier molecular flexibility index (Phi) is 4.41. The summed E-state index contributed by atoms with van der Waals surface area (Å²) in [7, 11) is 1.93. The second-order valence-corrected chi connectivity index (χ2v) is 7.64. The van der Waals surface area contributed by atoms with Crippen molar-refractivity contribution in [3.05, 3.63) is 24.2 Å². The minimum atomic E-state index is 0.160. The molecule has 25 heavy (non-hydrogen) atoms. The maximum Gasteiger partial charge on any atom is 0.232 e. The summed E-state index contributed by atoms with van der Waals surface area (Å²) < 4.78 is 7.53. The van der Waals surface area contributed by atoms with Gasteiger partial charge in [-0.2, -0.15) is 0 Å². The van der Waals surface area contributed by atoms with E-state index in [1.165, 1.54) is 31.0 Å². The van der Waals surface area contributed by atoms with E-state index < -0.39 is 0 Å². The number of amides is 1. The molecule has 0 N–H and O–H groups in total. The first-order chi connectivity index (χ1) is 12.1. The van der Waals surface area contributed by atoms with Gasteiger partial charge in [-0.1, -0.05) is 31.0 Å². The predicted octanol–water partition coefficient (Wildman–Crippen LogP) is 3.67. The van der Waals surface area contributed by atoms with E-state index in [1.807, 2.05) is 35.4 Å². The highest BCUT2D eigenvalue weighted by atomic mass is 32.2. The van der Waals surface area contributed by atoms with Crippen LogP contribution in [0.2, 0.25) is 0 Å². The van der Waals surface area contributed by atoms with E-state index in [4.69, 9.17) is 4.42 Å². The van der Waals surface area contributed by atoms with Crippen LogP contribution in [-0.4, -0.2) is 44.2 Å². The smallest absolute Gasteiger partial charge is 0.232 e. The molecule has 3 heterocycles.